The number of carbonyl (C=O) groups is 1. The Morgan fingerprint density at radius 1 is 1.21 bits per heavy atom. The minimum Gasteiger partial charge on any atom is -0.497 e. The molecule has 3 rings (SSSR count). The monoisotopic (exact) mass is 344 g/mol. The van der Waals surface area contributed by atoms with Gasteiger partial charge in [-0.05, 0) is 18.2 Å². The van der Waals surface area contributed by atoms with Crippen molar-refractivity contribution in [3.63, 3.8) is 0 Å². The molecule has 0 bridgehead atoms. The van der Waals surface area contributed by atoms with E-state index < -0.39 is 0 Å². The summed E-state index contributed by atoms with van der Waals surface area (Å²) in [7, 11) is 3.21. The lowest BCUT2D eigenvalue weighted by Crippen LogP contribution is -2.15. The maximum atomic E-state index is 11.9. The molecule has 2 aromatic heterocycles. The third-order valence-corrected chi connectivity index (χ3v) is 4.77. The lowest BCUT2D eigenvalue weighted by molar-refractivity contribution is 0.111. The summed E-state index contributed by atoms with van der Waals surface area (Å²) < 4.78 is 12.7. The van der Waals surface area contributed by atoms with Gasteiger partial charge in [0.25, 0.3) is 0 Å². The minimum atomic E-state index is -0.0908. The molecule has 5 nitrogen and oxygen atoms in total. The molecule has 126 valence electrons. The normalized spacial score (nSPS) is 11.7. The molecule has 0 saturated carbocycles. The average molecular weight is 344 g/mol. The number of hydrogen-bond acceptors (Lipinski definition) is 5. The van der Waals surface area contributed by atoms with Gasteiger partial charge < -0.3 is 9.47 Å². The lowest BCUT2D eigenvalue weighted by atomic mass is 9.93. The highest BCUT2D eigenvalue weighted by atomic mass is 32.1. The first kappa shape index (κ1) is 16.5. The van der Waals surface area contributed by atoms with E-state index in [2.05, 4.69) is 31.1 Å². The Kier molecular flexibility index (Phi) is 4.09. The molecule has 0 fully saturated rings. The van der Waals surface area contributed by atoms with Crippen molar-refractivity contribution >= 4 is 22.6 Å². The van der Waals surface area contributed by atoms with Gasteiger partial charge in [0.2, 0.25) is 0 Å². The predicted octanol–water partition coefficient (Wildman–Crippen LogP) is 4.19. The maximum absolute atomic E-state index is 11.9. The Morgan fingerprint density at radius 3 is 2.54 bits per heavy atom. The van der Waals surface area contributed by atoms with Gasteiger partial charge in [-0.25, -0.2) is 4.98 Å². The van der Waals surface area contributed by atoms with Crippen molar-refractivity contribution in [2.45, 2.75) is 26.2 Å². The van der Waals surface area contributed by atoms with Crippen LogP contribution in [0.15, 0.2) is 23.6 Å². The van der Waals surface area contributed by atoms with Gasteiger partial charge in [-0.15, -0.1) is 11.3 Å². The minimum absolute atomic E-state index is 0.0908. The van der Waals surface area contributed by atoms with Crippen molar-refractivity contribution in [3.05, 3.63) is 35.0 Å². The number of nitrogens with zero attached hydrogens (tertiary/aromatic N) is 2. The van der Waals surface area contributed by atoms with Gasteiger partial charge >= 0.3 is 0 Å². The number of ether oxygens (including phenoxy) is 2. The molecule has 1 aromatic carbocycles. The zero-order valence-corrected chi connectivity index (χ0v) is 15.2. The number of imidazole rings is 1. The van der Waals surface area contributed by atoms with E-state index in [1.54, 1.807) is 14.2 Å². The van der Waals surface area contributed by atoms with Gasteiger partial charge in [0, 0.05) is 22.1 Å². The second-order valence-corrected chi connectivity index (χ2v) is 7.36. The molecule has 0 spiro atoms. The summed E-state index contributed by atoms with van der Waals surface area (Å²) in [6.07, 6.45) is 0.857. The topological polar surface area (TPSA) is 52.8 Å². The number of fused-ring (bicyclic) bond motifs is 1. The average Bonchev–Trinajstić information content (AvgIpc) is 3.11. The molecular weight excluding hydrogens is 324 g/mol. The molecule has 0 aliphatic carbocycles. The first-order chi connectivity index (χ1) is 11.4. The number of rotatable bonds is 4. The fraction of sp³-hybridized carbons (Fsp3) is 0.333. The van der Waals surface area contributed by atoms with Crippen LogP contribution in [0.2, 0.25) is 0 Å². The molecule has 24 heavy (non-hydrogen) atoms. The molecular formula is C18H20N2O3S. The van der Waals surface area contributed by atoms with Gasteiger partial charge in [0.15, 0.2) is 11.2 Å². The second kappa shape index (κ2) is 5.94. The summed E-state index contributed by atoms with van der Waals surface area (Å²) in [5.41, 5.74) is 2.85. The Labute approximate surface area is 144 Å². The van der Waals surface area contributed by atoms with E-state index in [1.165, 1.54) is 11.3 Å². The summed E-state index contributed by atoms with van der Waals surface area (Å²) in [5.74, 6) is 1.34. The highest BCUT2D eigenvalue weighted by molar-refractivity contribution is 7.15. The van der Waals surface area contributed by atoms with Crippen molar-refractivity contribution in [1.82, 2.24) is 9.38 Å². The van der Waals surface area contributed by atoms with Crippen molar-refractivity contribution in [3.8, 4) is 22.8 Å². The van der Waals surface area contributed by atoms with Crippen molar-refractivity contribution in [1.29, 1.82) is 0 Å². The van der Waals surface area contributed by atoms with E-state index in [4.69, 9.17) is 9.47 Å². The summed E-state index contributed by atoms with van der Waals surface area (Å²) in [6, 6.07) is 5.48. The van der Waals surface area contributed by atoms with Gasteiger partial charge in [-0.3, -0.25) is 9.20 Å². The van der Waals surface area contributed by atoms with Gasteiger partial charge in [-0.2, -0.15) is 0 Å². The molecule has 6 heteroatoms. The predicted molar refractivity (Wildman–Crippen MR) is 95.7 cm³/mol. The van der Waals surface area contributed by atoms with E-state index in [9.17, 15) is 4.79 Å². The number of carbonyl (C=O) groups excluding carboxylic acids is 1. The lowest BCUT2D eigenvalue weighted by Gasteiger charge is -2.17. The van der Waals surface area contributed by atoms with Crippen LogP contribution >= 0.6 is 11.3 Å². The number of aromatic nitrogens is 2. The molecule has 2 heterocycles. The van der Waals surface area contributed by atoms with Crippen LogP contribution in [0, 0.1) is 0 Å². The largest absolute Gasteiger partial charge is 0.497 e. The van der Waals surface area contributed by atoms with Crippen LogP contribution < -0.4 is 9.47 Å². The van der Waals surface area contributed by atoms with E-state index in [0.717, 1.165) is 22.5 Å². The molecule has 0 N–H and O–H groups in total. The van der Waals surface area contributed by atoms with Crippen LogP contribution in [0.5, 0.6) is 11.5 Å². The third-order valence-electron chi connectivity index (χ3n) is 3.94. The molecule has 0 atom stereocenters. The SMILES string of the molecule is COc1ccc(OC)c(-c2nc3scc(C(C)(C)C)n3c2C=O)c1. The molecule has 0 radical (unpaired) electrons. The first-order valence-corrected chi connectivity index (χ1v) is 8.46. The maximum Gasteiger partial charge on any atom is 0.195 e. The Morgan fingerprint density at radius 2 is 1.96 bits per heavy atom. The Bertz CT molecular complexity index is 903. The molecule has 0 amide bonds. The van der Waals surface area contributed by atoms with Crippen molar-refractivity contribution < 1.29 is 14.3 Å². The Hall–Kier alpha value is -2.34. The van der Waals surface area contributed by atoms with E-state index in [1.807, 2.05) is 22.6 Å². The highest BCUT2D eigenvalue weighted by Gasteiger charge is 2.25. The molecule has 0 aliphatic heterocycles. The van der Waals surface area contributed by atoms with Crippen LogP contribution in [0.25, 0.3) is 16.2 Å². The molecule has 3 aromatic rings. The van der Waals surface area contributed by atoms with E-state index in [0.29, 0.717) is 22.9 Å². The molecule has 0 saturated heterocycles. The number of methoxy groups -OCH3 is 2. The molecule has 0 unspecified atom stereocenters. The van der Waals surface area contributed by atoms with Crippen molar-refractivity contribution in [2.75, 3.05) is 14.2 Å². The van der Waals surface area contributed by atoms with E-state index in [-0.39, 0.29) is 5.41 Å². The van der Waals surface area contributed by atoms with Crippen molar-refractivity contribution in [2.24, 2.45) is 0 Å². The van der Waals surface area contributed by atoms with Crippen LogP contribution in [0.3, 0.4) is 0 Å². The number of hydrogen-bond donors (Lipinski definition) is 0. The fourth-order valence-corrected chi connectivity index (χ4v) is 3.83. The third kappa shape index (κ3) is 2.57. The van der Waals surface area contributed by atoms with Crippen LogP contribution in [0.1, 0.15) is 37.0 Å². The quantitative estimate of drug-likeness (QED) is 0.666. The summed E-state index contributed by atoms with van der Waals surface area (Å²) in [6.45, 7) is 6.36. The number of benzene rings is 1. The zero-order chi connectivity index (χ0) is 17.5. The summed E-state index contributed by atoms with van der Waals surface area (Å²) in [5, 5.41) is 2.06. The smallest absolute Gasteiger partial charge is 0.195 e. The van der Waals surface area contributed by atoms with Crippen LogP contribution in [-0.4, -0.2) is 29.9 Å². The van der Waals surface area contributed by atoms with Gasteiger partial charge in [0.1, 0.15) is 22.9 Å². The Balaban J connectivity index is 2.32. The van der Waals surface area contributed by atoms with Gasteiger partial charge in [-0.1, -0.05) is 20.8 Å². The molecule has 0 aliphatic rings. The standard InChI is InChI=1S/C18H20N2O3S/c1-18(2,3)15-10-24-17-19-16(13(9-21)20(15)17)12-8-11(22-4)6-7-14(12)23-5/h6-10H,1-5H3. The van der Waals surface area contributed by atoms with Crippen LogP contribution in [0.4, 0.5) is 0 Å². The second-order valence-electron chi connectivity index (χ2n) is 6.52. The zero-order valence-electron chi connectivity index (χ0n) is 14.4. The summed E-state index contributed by atoms with van der Waals surface area (Å²) >= 11 is 1.53. The number of thiazole rings is 1. The highest BCUT2D eigenvalue weighted by Crippen LogP contribution is 2.37. The van der Waals surface area contributed by atoms with E-state index >= 15 is 0 Å². The first-order valence-electron chi connectivity index (χ1n) is 7.58. The van der Waals surface area contributed by atoms with Gasteiger partial charge in [0.05, 0.1) is 14.2 Å². The van der Waals surface area contributed by atoms with Crippen LogP contribution in [-0.2, 0) is 5.41 Å². The number of aldehydes is 1. The summed E-state index contributed by atoms with van der Waals surface area (Å²) in [4.78, 5) is 17.4. The fourth-order valence-electron chi connectivity index (χ4n) is 2.70.